The van der Waals surface area contributed by atoms with Crippen LogP contribution >= 0.6 is 0 Å². The summed E-state index contributed by atoms with van der Waals surface area (Å²) >= 11 is 0. The molecule has 0 aliphatic rings. The number of carboxylic acid groups (broad SMARTS) is 2. The van der Waals surface area contributed by atoms with E-state index in [4.69, 9.17) is 10.2 Å². The topological polar surface area (TPSA) is 79.5 Å². The van der Waals surface area contributed by atoms with Gasteiger partial charge in [-0.2, -0.15) is 0 Å². The number of carboxylic acids is 2. The molecule has 1 rings (SSSR count). The second-order valence-electron chi connectivity index (χ2n) is 2.54. The molecule has 0 aliphatic carbocycles. The zero-order valence-corrected chi connectivity index (χ0v) is 6.80. The Kier molecular flexibility index (Phi) is 2.69. The number of aromatic nitrogens is 1. The molecule has 5 heteroatoms. The van der Waals surface area contributed by atoms with Crippen LogP contribution in [0.1, 0.15) is 16.9 Å². The molecule has 0 radical (unpaired) electrons. The molecule has 1 aromatic rings. The predicted molar refractivity (Wildman–Crippen MR) is 43.6 cm³/mol. The van der Waals surface area contributed by atoms with Crippen molar-refractivity contribution in [3.8, 4) is 0 Å². The first-order valence-corrected chi connectivity index (χ1v) is 3.71. The Bertz CT molecular complexity index is 329. The predicted octanol–water partition coefficient (Wildman–Crippen LogP) is 0.661. The number of carbonyl (C=O) groups is 2. The quantitative estimate of drug-likeness (QED) is 0.718. The van der Waals surface area contributed by atoms with E-state index in [0.29, 0.717) is 0 Å². The van der Waals surface area contributed by atoms with E-state index >= 15 is 0 Å². The monoisotopic (exact) mass is 183 g/mol. The Labute approximate surface area is 74.2 Å². The van der Waals surface area contributed by atoms with Crippen molar-refractivity contribution in [3.05, 3.63) is 24.0 Å². The summed E-state index contributed by atoms with van der Waals surface area (Å²) in [5, 5.41) is 17.0. The number of nitrogens with zero attached hydrogens (tertiary/aromatic N) is 1. The maximum absolute atomic E-state index is 10.6. The Morgan fingerprint density at radius 3 is 2.62 bits per heavy atom. The number of aromatic carboxylic acids is 1. The third-order valence-corrected chi connectivity index (χ3v) is 1.62. The SMILES string of the molecule is O=C(O)CCn1cccc1C(=O)O. The van der Waals surface area contributed by atoms with E-state index in [0.717, 1.165) is 0 Å². The summed E-state index contributed by atoms with van der Waals surface area (Å²) in [6.45, 7) is 0.184. The van der Waals surface area contributed by atoms with Crippen molar-refractivity contribution >= 4 is 11.9 Å². The lowest BCUT2D eigenvalue weighted by Crippen LogP contribution is -2.10. The van der Waals surface area contributed by atoms with Crippen LogP contribution in [0.2, 0.25) is 0 Å². The molecule has 0 aliphatic heterocycles. The first-order valence-electron chi connectivity index (χ1n) is 3.71. The van der Waals surface area contributed by atoms with Gasteiger partial charge in [0.1, 0.15) is 5.69 Å². The molecule has 0 aromatic carbocycles. The maximum Gasteiger partial charge on any atom is 0.352 e. The van der Waals surface area contributed by atoms with Crippen molar-refractivity contribution in [2.45, 2.75) is 13.0 Å². The summed E-state index contributed by atoms with van der Waals surface area (Å²) in [6.07, 6.45) is 1.47. The number of aliphatic carboxylic acids is 1. The van der Waals surface area contributed by atoms with E-state index in [1.54, 1.807) is 12.3 Å². The Balaban J connectivity index is 2.71. The van der Waals surface area contributed by atoms with Crippen LogP contribution < -0.4 is 0 Å². The second kappa shape index (κ2) is 3.75. The molecule has 0 amide bonds. The highest BCUT2D eigenvalue weighted by atomic mass is 16.4. The average molecular weight is 183 g/mol. The van der Waals surface area contributed by atoms with Crippen LogP contribution in [0, 0.1) is 0 Å². The van der Waals surface area contributed by atoms with Gasteiger partial charge in [0.15, 0.2) is 0 Å². The van der Waals surface area contributed by atoms with Gasteiger partial charge in [-0.25, -0.2) is 4.79 Å². The van der Waals surface area contributed by atoms with E-state index in [9.17, 15) is 9.59 Å². The molecule has 0 atom stereocenters. The van der Waals surface area contributed by atoms with Crippen LogP contribution in [-0.4, -0.2) is 26.7 Å². The zero-order chi connectivity index (χ0) is 9.84. The van der Waals surface area contributed by atoms with Crippen LogP contribution in [0.5, 0.6) is 0 Å². The fourth-order valence-corrected chi connectivity index (χ4v) is 1.02. The third kappa shape index (κ3) is 2.33. The molecule has 13 heavy (non-hydrogen) atoms. The molecule has 0 saturated heterocycles. The standard InChI is InChI=1S/C8H9NO4/c10-7(11)3-5-9-4-1-2-6(9)8(12)13/h1-2,4H,3,5H2,(H,10,11)(H,12,13). The lowest BCUT2D eigenvalue weighted by molar-refractivity contribution is -0.137. The van der Waals surface area contributed by atoms with Gasteiger partial charge in [0, 0.05) is 12.7 Å². The summed E-state index contributed by atoms with van der Waals surface area (Å²) < 4.78 is 1.40. The fourth-order valence-electron chi connectivity index (χ4n) is 1.02. The molecule has 0 unspecified atom stereocenters. The highest BCUT2D eigenvalue weighted by Gasteiger charge is 2.08. The summed E-state index contributed by atoms with van der Waals surface area (Å²) in [5.41, 5.74) is 0.112. The van der Waals surface area contributed by atoms with Gasteiger partial charge in [-0.15, -0.1) is 0 Å². The molecular formula is C8H9NO4. The lowest BCUT2D eigenvalue weighted by atomic mass is 10.4. The number of rotatable bonds is 4. The summed E-state index contributed by atoms with van der Waals surface area (Å²) in [4.78, 5) is 20.8. The first-order chi connectivity index (χ1) is 6.11. The minimum atomic E-state index is -1.05. The fraction of sp³-hybridized carbons (Fsp3) is 0.250. The number of aryl methyl sites for hydroxylation is 1. The van der Waals surface area contributed by atoms with Gasteiger partial charge in [-0.05, 0) is 12.1 Å². The van der Waals surface area contributed by atoms with Crippen LogP contribution in [0.25, 0.3) is 0 Å². The van der Waals surface area contributed by atoms with Gasteiger partial charge in [-0.3, -0.25) is 4.79 Å². The average Bonchev–Trinajstić information content (AvgIpc) is 2.47. The molecule has 1 heterocycles. The second-order valence-corrected chi connectivity index (χ2v) is 2.54. The minimum absolute atomic E-state index is 0.0744. The van der Waals surface area contributed by atoms with Crippen molar-refractivity contribution in [2.24, 2.45) is 0 Å². The van der Waals surface area contributed by atoms with Crippen LogP contribution in [-0.2, 0) is 11.3 Å². The normalized spacial score (nSPS) is 9.85. The van der Waals surface area contributed by atoms with Gasteiger partial charge >= 0.3 is 11.9 Å². The first kappa shape index (κ1) is 9.31. The lowest BCUT2D eigenvalue weighted by Gasteiger charge is -2.02. The number of hydrogen-bond donors (Lipinski definition) is 2. The Morgan fingerprint density at radius 1 is 1.38 bits per heavy atom. The van der Waals surface area contributed by atoms with Crippen molar-refractivity contribution in [1.29, 1.82) is 0 Å². The molecule has 2 N–H and O–H groups in total. The van der Waals surface area contributed by atoms with Crippen LogP contribution in [0.15, 0.2) is 18.3 Å². The van der Waals surface area contributed by atoms with Crippen LogP contribution in [0.4, 0.5) is 0 Å². The van der Waals surface area contributed by atoms with Crippen molar-refractivity contribution in [3.63, 3.8) is 0 Å². The molecule has 5 nitrogen and oxygen atoms in total. The zero-order valence-electron chi connectivity index (χ0n) is 6.80. The highest BCUT2D eigenvalue weighted by molar-refractivity contribution is 5.85. The molecular weight excluding hydrogens is 174 g/mol. The van der Waals surface area contributed by atoms with Gasteiger partial charge in [0.25, 0.3) is 0 Å². The highest BCUT2D eigenvalue weighted by Crippen LogP contribution is 2.03. The molecule has 1 aromatic heterocycles. The van der Waals surface area contributed by atoms with E-state index < -0.39 is 11.9 Å². The molecule has 0 spiro atoms. The van der Waals surface area contributed by atoms with Crippen molar-refractivity contribution in [2.75, 3.05) is 0 Å². The van der Waals surface area contributed by atoms with Crippen molar-refractivity contribution < 1.29 is 19.8 Å². The van der Waals surface area contributed by atoms with Crippen molar-refractivity contribution in [1.82, 2.24) is 4.57 Å². The van der Waals surface area contributed by atoms with Crippen LogP contribution in [0.3, 0.4) is 0 Å². The van der Waals surface area contributed by atoms with Gasteiger partial charge in [0.05, 0.1) is 6.42 Å². The summed E-state index contributed by atoms with van der Waals surface area (Å²) in [7, 11) is 0. The number of hydrogen-bond acceptors (Lipinski definition) is 2. The molecule has 70 valence electrons. The van der Waals surface area contributed by atoms with E-state index in [2.05, 4.69) is 0 Å². The Morgan fingerprint density at radius 2 is 2.08 bits per heavy atom. The maximum atomic E-state index is 10.6. The molecule has 0 saturated carbocycles. The molecule has 0 fully saturated rings. The van der Waals surface area contributed by atoms with Gasteiger partial charge in [0.2, 0.25) is 0 Å². The Hall–Kier alpha value is -1.78. The minimum Gasteiger partial charge on any atom is -0.481 e. The van der Waals surface area contributed by atoms with E-state index in [1.807, 2.05) is 0 Å². The van der Waals surface area contributed by atoms with E-state index in [-0.39, 0.29) is 18.7 Å². The molecule has 0 bridgehead atoms. The summed E-state index contributed by atoms with van der Waals surface area (Å²) in [6, 6.07) is 3.01. The van der Waals surface area contributed by atoms with Gasteiger partial charge < -0.3 is 14.8 Å². The smallest absolute Gasteiger partial charge is 0.352 e. The van der Waals surface area contributed by atoms with E-state index in [1.165, 1.54) is 10.6 Å². The third-order valence-electron chi connectivity index (χ3n) is 1.62. The largest absolute Gasteiger partial charge is 0.481 e. The summed E-state index contributed by atoms with van der Waals surface area (Å²) in [5.74, 6) is -1.99. The van der Waals surface area contributed by atoms with Gasteiger partial charge in [-0.1, -0.05) is 0 Å².